The first-order valence-electron chi connectivity index (χ1n) is 9.74. The Morgan fingerprint density at radius 1 is 1.03 bits per heavy atom. The fourth-order valence-corrected chi connectivity index (χ4v) is 3.19. The topological polar surface area (TPSA) is 64.6 Å². The molecular formula is C25H20FNO4. The minimum atomic E-state index is -0.824. The first kappa shape index (κ1) is 20.3. The zero-order chi connectivity index (χ0) is 21.8. The van der Waals surface area contributed by atoms with Crippen molar-refractivity contribution in [2.75, 3.05) is 11.9 Å². The van der Waals surface area contributed by atoms with Gasteiger partial charge in [0.15, 0.2) is 5.60 Å². The summed E-state index contributed by atoms with van der Waals surface area (Å²) in [6, 6.07) is 19.7. The van der Waals surface area contributed by atoms with Crippen molar-refractivity contribution < 1.29 is 23.5 Å². The fourth-order valence-electron chi connectivity index (χ4n) is 3.19. The Morgan fingerprint density at radius 3 is 2.55 bits per heavy atom. The summed E-state index contributed by atoms with van der Waals surface area (Å²) < 4.78 is 25.3. The van der Waals surface area contributed by atoms with Crippen LogP contribution < -0.4 is 10.1 Å². The number of ether oxygens (including phenoxy) is 2. The van der Waals surface area contributed by atoms with Crippen molar-refractivity contribution in [3.63, 3.8) is 0 Å². The molecule has 0 aliphatic carbocycles. The van der Waals surface area contributed by atoms with Crippen LogP contribution in [0.15, 0.2) is 78.9 Å². The highest BCUT2D eigenvalue weighted by molar-refractivity contribution is 6.04. The van der Waals surface area contributed by atoms with Crippen LogP contribution in [0.5, 0.6) is 5.75 Å². The van der Waals surface area contributed by atoms with Crippen LogP contribution in [0.2, 0.25) is 0 Å². The molecule has 5 nitrogen and oxygen atoms in total. The van der Waals surface area contributed by atoms with E-state index in [9.17, 15) is 14.0 Å². The summed E-state index contributed by atoms with van der Waals surface area (Å²) in [6.07, 6.45) is 3.64. The third kappa shape index (κ3) is 4.64. The SMILES string of the molecule is CC1(COC(=O)c2ccccc2)C=Cc2cc(NC(=O)c3ccccc3F)ccc2O1. The molecular weight excluding hydrogens is 397 g/mol. The van der Waals surface area contributed by atoms with Crippen LogP contribution in [0.1, 0.15) is 33.2 Å². The van der Waals surface area contributed by atoms with Crippen LogP contribution in [-0.4, -0.2) is 24.1 Å². The number of nitrogens with one attached hydrogen (secondary N) is 1. The van der Waals surface area contributed by atoms with Crippen molar-refractivity contribution in [2.45, 2.75) is 12.5 Å². The molecule has 0 saturated carbocycles. The summed E-state index contributed by atoms with van der Waals surface area (Å²) in [5, 5.41) is 2.69. The first-order chi connectivity index (χ1) is 14.9. The Morgan fingerprint density at radius 2 is 1.77 bits per heavy atom. The normalized spacial score (nSPS) is 16.7. The smallest absolute Gasteiger partial charge is 0.338 e. The maximum atomic E-state index is 13.8. The molecule has 1 N–H and O–H groups in total. The quantitative estimate of drug-likeness (QED) is 0.587. The van der Waals surface area contributed by atoms with Crippen molar-refractivity contribution in [1.82, 2.24) is 0 Å². The van der Waals surface area contributed by atoms with E-state index in [1.165, 1.54) is 18.2 Å². The van der Waals surface area contributed by atoms with Gasteiger partial charge in [0.25, 0.3) is 5.91 Å². The summed E-state index contributed by atoms with van der Waals surface area (Å²) in [4.78, 5) is 24.5. The van der Waals surface area contributed by atoms with Crippen molar-refractivity contribution in [2.24, 2.45) is 0 Å². The number of hydrogen-bond donors (Lipinski definition) is 1. The molecule has 31 heavy (non-hydrogen) atoms. The molecule has 1 aliphatic heterocycles. The van der Waals surface area contributed by atoms with Crippen molar-refractivity contribution in [1.29, 1.82) is 0 Å². The number of amides is 1. The minimum absolute atomic E-state index is 0.0279. The molecule has 4 rings (SSSR count). The fraction of sp³-hybridized carbons (Fsp3) is 0.120. The molecule has 0 radical (unpaired) electrons. The molecule has 156 valence electrons. The molecule has 1 heterocycles. The summed E-state index contributed by atoms with van der Waals surface area (Å²) >= 11 is 0. The molecule has 0 saturated heterocycles. The average Bonchev–Trinajstić information content (AvgIpc) is 2.78. The number of anilines is 1. The van der Waals surface area contributed by atoms with Gasteiger partial charge in [-0.3, -0.25) is 4.79 Å². The molecule has 3 aromatic carbocycles. The van der Waals surface area contributed by atoms with E-state index < -0.39 is 23.3 Å². The number of esters is 1. The standard InChI is InChI=1S/C25H20FNO4/c1-25(16-30-24(29)17-7-3-2-4-8-17)14-13-18-15-19(11-12-22(18)31-25)27-23(28)20-9-5-6-10-21(20)26/h2-15H,16H2,1H3,(H,27,28). The number of rotatable bonds is 5. The molecule has 6 heteroatoms. The predicted octanol–water partition coefficient (Wildman–Crippen LogP) is 5.10. The van der Waals surface area contributed by atoms with Crippen molar-refractivity contribution >= 4 is 23.6 Å². The van der Waals surface area contributed by atoms with Crippen LogP contribution in [0.3, 0.4) is 0 Å². The number of fused-ring (bicyclic) bond motifs is 1. The molecule has 0 fully saturated rings. The highest BCUT2D eigenvalue weighted by Gasteiger charge is 2.29. The Balaban J connectivity index is 1.42. The molecule has 0 bridgehead atoms. The lowest BCUT2D eigenvalue weighted by Gasteiger charge is -2.31. The predicted molar refractivity (Wildman–Crippen MR) is 116 cm³/mol. The third-order valence-electron chi connectivity index (χ3n) is 4.84. The Hall–Kier alpha value is -3.93. The lowest BCUT2D eigenvalue weighted by atomic mass is 10.0. The summed E-state index contributed by atoms with van der Waals surface area (Å²) in [5.41, 5.74) is 0.883. The molecule has 0 spiro atoms. The van der Waals surface area contributed by atoms with E-state index >= 15 is 0 Å². The monoisotopic (exact) mass is 417 g/mol. The van der Waals surface area contributed by atoms with Gasteiger partial charge in [0, 0.05) is 11.3 Å². The van der Waals surface area contributed by atoms with Gasteiger partial charge < -0.3 is 14.8 Å². The van der Waals surface area contributed by atoms with Crippen LogP contribution in [0, 0.1) is 5.82 Å². The van der Waals surface area contributed by atoms with E-state index in [4.69, 9.17) is 9.47 Å². The summed E-state index contributed by atoms with van der Waals surface area (Å²) in [6.45, 7) is 1.86. The highest BCUT2D eigenvalue weighted by Crippen LogP contribution is 2.33. The molecule has 3 aromatic rings. The van der Waals surface area contributed by atoms with E-state index in [0.717, 1.165) is 5.56 Å². The minimum Gasteiger partial charge on any atom is -0.479 e. The van der Waals surface area contributed by atoms with Crippen LogP contribution >= 0.6 is 0 Å². The molecule has 1 atom stereocenters. The zero-order valence-corrected chi connectivity index (χ0v) is 16.8. The Labute approximate surface area is 179 Å². The number of hydrogen-bond acceptors (Lipinski definition) is 4. The van der Waals surface area contributed by atoms with Gasteiger partial charge in [-0.2, -0.15) is 0 Å². The Bertz CT molecular complexity index is 1160. The lowest BCUT2D eigenvalue weighted by Crippen LogP contribution is -2.38. The summed E-state index contributed by atoms with van der Waals surface area (Å²) in [5.74, 6) is -0.945. The van der Waals surface area contributed by atoms with Gasteiger partial charge in [-0.1, -0.05) is 36.4 Å². The highest BCUT2D eigenvalue weighted by atomic mass is 19.1. The number of carbonyl (C=O) groups excluding carboxylic acids is 2. The van der Waals surface area contributed by atoms with Gasteiger partial charge in [-0.05, 0) is 55.5 Å². The number of benzene rings is 3. The van der Waals surface area contributed by atoms with Crippen LogP contribution in [0.4, 0.5) is 10.1 Å². The second-order valence-electron chi connectivity index (χ2n) is 7.38. The van der Waals surface area contributed by atoms with Crippen molar-refractivity contribution in [3.8, 4) is 5.75 Å². The molecule has 1 unspecified atom stereocenters. The molecule has 0 aromatic heterocycles. The molecule has 1 aliphatic rings. The second-order valence-corrected chi connectivity index (χ2v) is 7.38. The number of halogens is 1. The van der Waals surface area contributed by atoms with Gasteiger partial charge in [-0.25, -0.2) is 9.18 Å². The Kier molecular flexibility index (Phi) is 5.54. The maximum absolute atomic E-state index is 13.8. The maximum Gasteiger partial charge on any atom is 0.338 e. The van der Waals surface area contributed by atoms with Crippen LogP contribution in [0.25, 0.3) is 6.08 Å². The van der Waals surface area contributed by atoms with E-state index in [1.807, 2.05) is 19.1 Å². The second kappa shape index (κ2) is 8.44. The number of carbonyl (C=O) groups is 2. The van der Waals surface area contributed by atoms with Gasteiger partial charge in [0.2, 0.25) is 0 Å². The van der Waals surface area contributed by atoms with Gasteiger partial charge >= 0.3 is 5.97 Å². The van der Waals surface area contributed by atoms with E-state index in [0.29, 0.717) is 17.0 Å². The van der Waals surface area contributed by atoms with E-state index in [1.54, 1.807) is 54.6 Å². The zero-order valence-electron chi connectivity index (χ0n) is 16.8. The largest absolute Gasteiger partial charge is 0.479 e. The average molecular weight is 417 g/mol. The lowest BCUT2D eigenvalue weighted by molar-refractivity contribution is 0.0139. The van der Waals surface area contributed by atoms with Gasteiger partial charge in [0.05, 0.1) is 11.1 Å². The van der Waals surface area contributed by atoms with Crippen LogP contribution in [-0.2, 0) is 4.74 Å². The molecule has 1 amide bonds. The van der Waals surface area contributed by atoms with Gasteiger partial charge in [-0.15, -0.1) is 0 Å². The van der Waals surface area contributed by atoms with E-state index in [-0.39, 0.29) is 12.2 Å². The van der Waals surface area contributed by atoms with Crippen molar-refractivity contribution in [3.05, 3.63) is 101 Å². The third-order valence-corrected chi connectivity index (χ3v) is 4.84. The van der Waals surface area contributed by atoms with Gasteiger partial charge in [0.1, 0.15) is 18.2 Å². The first-order valence-corrected chi connectivity index (χ1v) is 9.74. The van der Waals surface area contributed by atoms with E-state index in [2.05, 4.69) is 5.32 Å². The summed E-state index contributed by atoms with van der Waals surface area (Å²) in [7, 11) is 0.